The van der Waals surface area contributed by atoms with E-state index in [2.05, 4.69) is 28.0 Å². The maximum Gasteiger partial charge on any atom is 0.204 e. The molecule has 0 spiro atoms. The molecule has 0 atom stereocenters. The van der Waals surface area contributed by atoms with Crippen LogP contribution in [0, 0.1) is 18.8 Å². The van der Waals surface area contributed by atoms with Crippen molar-refractivity contribution in [1.82, 2.24) is 9.61 Å². The SMILES string of the molecule is COc1cc(C)ccc1NCC#Cc1nn2c(N)cccc2c1[Se]C(F)(F)F.NC=O. The fourth-order valence-corrected chi connectivity index (χ4v) is 4.00. The van der Waals surface area contributed by atoms with E-state index in [1.165, 1.54) is 4.52 Å². The van der Waals surface area contributed by atoms with Crippen molar-refractivity contribution in [1.29, 1.82) is 0 Å². The Morgan fingerprint density at radius 2 is 2.03 bits per heavy atom. The number of primary amides is 1. The molecular weight excluding hydrogens is 478 g/mol. The molecule has 0 radical (unpaired) electrons. The largest absolute Gasteiger partial charge is 0.372 e. The van der Waals surface area contributed by atoms with Gasteiger partial charge in [-0.2, -0.15) is 0 Å². The van der Waals surface area contributed by atoms with Crippen LogP contribution in [-0.2, 0) is 4.79 Å². The first-order valence-electron chi connectivity index (χ1n) is 8.76. The van der Waals surface area contributed by atoms with E-state index < -0.39 is 20.0 Å². The van der Waals surface area contributed by atoms with Gasteiger partial charge in [-0.3, -0.25) is 4.79 Å². The van der Waals surface area contributed by atoms with Gasteiger partial charge in [0.15, 0.2) is 0 Å². The van der Waals surface area contributed by atoms with Crippen LogP contribution in [0.25, 0.3) is 5.52 Å². The van der Waals surface area contributed by atoms with Crippen molar-refractivity contribution in [2.75, 3.05) is 24.7 Å². The number of aryl methyl sites for hydroxylation is 1. The van der Waals surface area contributed by atoms with Gasteiger partial charge in [-0.1, -0.05) is 0 Å². The third kappa shape index (κ3) is 6.57. The number of nitrogens with zero attached hydrogens (tertiary/aromatic N) is 2. The minimum absolute atomic E-state index is 0.0766. The fourth-order valence-electron chi connectivity index (χ4n) is 2.58. The second kappa shape index (κ2) is 10.6. The van der Waals surface area contributed by atoms with Gasteiger partial charge >= 0.3 is 166 Å². The number of fused-ring (bicyclic) bond motifs is 1. The average Bonchev–Trinajstić information content (AvgIpc) is 3.04. The van der Waals surface area contributed by atoms with Crippen LogP contribution in [0.2, 0.25) is 0 Å². The molecule has 5 N–H and O–H groups in total. The normalized spacial score (nSPS) is 10.5. The number of halogens is 3. The first-order chi connectivity index (χ1) is 14.7. The quantitative estimate of drug-likeness (QED) is 0.288. The Bertz CT molecular complexity index is 1120. The van der Waals surface area contributed by atoms with Gasteiger partial charge in [0.2, 0.25) is 6.41 Å². The van der Waals surface area contributed by atoms with Gasteiger partial charge in [-0.25, -0.2) is 0 Å². The van der Waals surface area contributed by atoms with Crippen LogP contribution in [0.1, 0.15) is 11.3 Å². The first kappa shape index (κ1) is 23.9. The van der Waals surface area contributed by atoms with E-state index in [1.54, 1.807) is 25.3 Å². The smallest absolute Gasteiger partial charge is 0.204 e. The summed E-state index contributed by atoms with van der Waals surface area (Å²) in [5.74, 6) is 6.51. The van der Waals surface area contributed by atoms with E-state index in [0.29, 0.717) is 11.3 Å². The van der Waals surface area contributed by atoms with Crippen LogP contribution in [0.3, 0.4) is 0 Å². The van der Waals surface area contributed by atoms with Crippen molar-refractivity contribution < 1.29 is 22.7 Å². The van der Waals surface area contributed by atoms with Crippen molar-refractivity contribution >= 4 is 42.9 Å². The molecule has 3 rings (SSSR count). The predicted molar refractivity (Wildman–Crippen MR) is 114 cm³/mol. The summed E-state index contributed by atoms with van der Waals surface area (Å²) in [6.45, 7) is 2.17. The van der Waals surface area contributed by atoms with Gasteiger partial charge in [0.25, 0.3) is 0 Å². The number of anilines is 2. The number of pyridine rings is 1. The van der Waals surface area contributed by atoms with Gasteiger partial charge in [0, 0.05) is 0 Å². The number of nitrogens with one attached hydrogen (secondary N) is 1. The van der Waals surface area contributed by atoms with Gasteiger partial charge in [-0.15, -0.1) is 0 Å². The molecule has 164 valence electrons. The maximum atomic E-state index is 13.0. The Morgan fingerprint density at radius 3 is 2.68 bits per heavy atom. The fraction of sp³-hybridized carbons (Fsp3) is 0.200. The molecule has 0 unspecified atom stereocenters. The molecular formula is C20H20F3N5O2Se. The number of carbonyl (C=O) groups is 1. The molecule has 1 amide bonds. The number of aromatic nitrogens is 2. The minimum Gasteiger partial charge on any atom is -0.372 e. The topological polar surface area (TPSA) is 108 Å². The number of nitrogen functional groups attached to an aromatic ring is 1. The summed E-state index contributed by atoms with van der Waals surface area (Å²) in [6.07, 6.45) is 0.250. The molecule has 0 aliphatic rings. The van der Waals surface area contributed by atoms with Gasteiger partial charge in [-0.05, 0) is 0 Å². The van der Waals surface area contributed by atoms with Crippen molar-refractivity contribution in [2.24, 2.45) is 5.73 Å². The van der Waals surface area contributed by atoms with Gasteiger partial charge in [0.05, 0.1) is 0 Å². The van der Waals surface area contributed by atoms with Crippen molar-refractivity contribution in [3.05, 3.63) is 47.7 Å². The predicted octanol–water partition coefficient (Wildman–Crippen LogP) is 1.65. The molecule has 0 aliphatic heterocycles. The standard InChI is InChI=1S/C19H17F3N4OSe.CH3NO/c1-12-8-9-13(16(11-12)27-2)24-10-4-5-14-18(28-19(20,21)22)15-6-3-7-17(23)26(15)25-14;2-1-3/h3,6-9,11,24H,10,23H2,1-2H3;1H,(H2,2,3). The molecule has 0 fully saturated rings. The summed E-state index contributed by atoms with van der Waals surface area (Å²) in [5.41, 5.74) is 12.2. The van der Waals surface area contributed by atoms with E-state index in [1.807, 2.05) is 25.1 Å². The molecule has 0 saturated heterocycles. The number of rotatable bonds is 4. The average molecular weight is 498 g/mol. The Labute approximate surface area is 183 Å². The molecule has 0 saturated carbocycles. The van der Waals surface area contributed by atoms with E-state index in [4.69, 9.17) is 15.3 Å². The van der Waals surface area contributed by atoms with Crippen LogP contribution in [-0.4, -0.2) is 49.7 Å². The molecule has 2 heterocycles. The zero-order chi connectivity index (χ0) is 23.0. The summed E-state index contributed by atoms with van der Waals surface area (Å²) in [4.78, 5) is 8.58. The van der Waals surface area contributed by atoms with E-state index in [9.17, 15) is 13.2 Å². The third-order valence-corrected chi connectivity index (χ3v) is 5.55. The second-order valence-corrected chi connectivity index (χ2v) is 8.22. The number of carbonyl (C=O) groups excluding carboxylic acids is 1. The summed E-state index contributed by atoms with van der Waals surface area (Å²) in [7, 11) is 1.57. The summed E-state index contributed by atoms with van der Waals surface area (Å²) in [6, 6.07) is 10.4. The van der Waals surface area contributed by atoms with Crippen LogP contribution < -0.4 is 26.0 Å². The summed E-state index contributed by atoms with van der Waals surface area (Å²) >= 11 is -1.78. The minimum atomic E-state index is -4.31. The molecule has 7 nitrogen and oxygen atoms in total. The monoisotopic (exact) mass is 499 g/mol. The Hall–Kier alpha value is -3.35. The van der Waals surface area contributed by atoms with Crippen molar-refractivity contribution in [2.45, 2.75) is 12.0 Å². The van der Waals surface area contributed by atoms with E-state index in [0.717, 1.165) is 11.3 Å². The van der Waals surface area contributed by atoms with E-state index >= 15 is 0 Å². The third-order valence-electron chi connectivity index (χ3n) is 3.79. The number of methoxy groups -OCH3 is 1. The van der Waals surface area contributed by atoms with Gasteiger partial charge < -0.3 is 5.73 Å². The number of benzene rings is 1. The molecule has 0 bridgehead atoms. The van der Waals surface area contributed by atoms with Crippen LogP contribution >= 0.6 is 0 Å². The summed E-state index contributed by atoms with van der Waals surface area (Å²) < 4.78 is 45.8. The molecule has 1 aromatic carbocycles. The summed E-state index contributed by atoms with van der Waals surface area (Å²) in [5, 5.41) is 2.95. The molecule has 31 heavy (non-hydrogen) atoms. The maximum absolute atomic E-state index is 13.0. The molecule has 11 heteroatoms. The number of ether oxygens (including phenoxy) is 1. The number of nitrogens with two attached hydrogens (primary N) is 2. The van der Waals surface area contributed by atoms with Crippen LogP contribution in [0.5, 0.6) is 5.75 Å². The number of amides is 1. The van der Waals surface area contributed by atoms with Crippen molar-refractivity contribution in [3.8, 4) is 17.6 Å². The van der Waals surface area contributed by atoms with Crippen molar-refractivity contribution in [3.63, 3.8) is 0 Å². The number of hydrogen-bond donors (Lipinski definition) is 3. The number of hydrogen-bond acceptors (Lipinski definition) is 5. The van der Waals surface area contributed by atoms with E-state index in [-0.39, 0.29) is 28.9 Å². The Kier molecular flexibility index (Phi) is 8.19. The Balaban J connectivity index is 0.00000107. The first-order valence-corrected chi connectivity index (χ1v) is 10.5. The Morgan fingerprint density at radius 1 is 1.32 bits per heavy atom. The molecule has 2 aromatic heterocycles. The molecule has 3 aromatic rings. The number of alkyl halides is 3. The van der Waals surface area contributed by atoms with Crippen LogP contribution in [0.4, 0.5) is 24.7 Å². The second-order valence-electron chi connectivity index (χ2n) is 5.97. The van der Waals surface area contributed by atoms with Crippen LogP contribution in [0.15, 0.2) is 36.4 Å². The molecule has 0 aliphatic carbocycles. The van der Waals surface area contributed by atoms with Gasteiger partial charge in [0.1, 0.15) is 0 Å². The zero-order valence-electron chi connectivity index (χ0n) is 16.7. The zero-order valence-corrected chi connectivity index (χ0v) is 18.4.